The number of benzene rings is 1. The molecule has 2 N–H and O–H groups in total. The first-order chi connectivity index (χ1) is 11.9. The van der Waals surface area contributed by atoms with Crippen molar-refractivity contribution in [1.82, 2.24) is 4.98 Å². The summed E-state index contributed by atoms with van der Waals surface area (Å²) in [6.45, 7) is -0.754. The van der Waals surface area contributed by atoms with E-state index in [0.29, 0.717) is 23.2 Å². The van der Waals surface area contributed by atoms with E-state index in [-0.39, 0.29) is 11.5 Å². The quantitative estimate of drug-likeness (QED) is 0.861. The largest absolute Gasteiger partial charge is 0.493 e. The van der Waals surface area contributed by atoms with Crippen molar-refractivity contribution < 1.29 is 27.8 Å². The van der Waals surface area contributed by atoms with Crippen LogP contribution in [0.15, 0.2) is 29.4 Å². The molecule has 134 valence electrons. The molecule has 0 fully saturated rings. The van der Waals surface area contributed by atoms with E-state index in [1.807, 2.05) is 6.08 Å². The SMILES string of the molecule is COc1ccc(C(O)c2c[nH]c3c2=CCCN=3)cc1OCC(F)(F)F. The number of aliphatic hydroxyl groups excluding tert-OH is 1. The van der Waals surface area contributed by atoms with Gasteiger partial charge in [0.25, 0.3) is 0 Å². The fourth-order valence-electron chi connectivity index (χ4n) is 2.71. The smallest absolute Gasteiger partial charge is 0.422 e. The van der Waals surface area contributed by atoms with Crippen LogP contribution in [0.2, 0.25) is 0 Å². The highest BCUT2D eigenvalue weighted by Crippen LogP contribution is 2.32. The van der Waals surface area contributed by atoms with Crippen molar-refractivity contribution >= 4 is 6.08 Å². The summed E-state index contributed by atoms with van der Waals surface area (Å²) < 4.78 is 47.1. The zero-order valence-corrected chi connectivity index (χ0v) is 13.4. The van der Waals surface area contributed by atoms with Crippen LogP contribution in [-0.4, -0.2) is 36.5 Å². The van der Waals surface area contributed by atoms with Gasteiger partial charge in [0.1, 0.15) is 11.6 Å². The van der Waals surface area contributed by atoms with Gasteiger partial charge < -0.3 is 19.6 Å². The number of fused-ring (bicyclic) bond motifs is 1. The second-order valence-corrected chi connectivity index (χ2v) is 5.60. The van der Waals surface area contributed by atoms with Gasteiger partial charge >= 0.3 is 6.18 Å². The van der Waals surface area contributed by atoms with Crippen molar-refractivity contribution in [2.75, 3.05) is 20.3 Å². The van der Waals surface area contributed by atoms with Crippen LogP contribution in [0.3, 0.4) is 0 Å². The Bertz CT molecular complexity index is 874. The summed E-state index contributed by atoms with van der Waals surface area (Å²) in [5, 5.41) is 11.5. The lowest BCUT2D eigenvalue weighted by atomic mass is 10.0. The molecule has 1 unspecified atom stereocenters. The molecular formula is C17H17F3N2O3. The van der Waals surface area contributed by atoms with Gasteiger partial charge in [-0.1, -0.05) is 12.1 Å². The van der Waals surface area contributed by atoms with Gasteiger partial charge in [-0.15, -0.1) is 0 Å². The predicted molar refractivity (Wildman–Crippen MR) is 84.1 cm³/mol. The maximum Gasteiger partial charge on any atom is 0.422 e. The van der Waals surface area contributed by atoms with E-state index in [9.17, 15) is 18.3 Å². The summed E-state index contributed by atoms with van der Waals surface area (Å²) in [6.07, 6.45) is -1.09. The van der Waals surface area contributed by atoms with Gasteiger partial charge in [0.2, 0.25) is 0 Å². The van der Waals surface area contributed by atoms with Crippen LogP contribution in [0.1, 0.15) is 23.7 Å². The Morgan fingerprint density at radius 2 is 2.12 bits per heavy atom. The van der Waals surface area contributed by atoms with Crippen LogP contribution in [0.25, 0.3) is 6.08 Å². The van der Waals surface area contributed by atoms with Crippen LogP contribution in [-0.2, 0) is 0 Å². The van der Waals surface area contributed by atoms with Gasteiger partial charge in [-0.05, 0) is 24.1 Å². The zero-order chi connectivity index (χ0) is 18.0. The number of aromatic nitrogens is 1. The van der Waals surface area contributed by atoms with Crippen molar-refractivity contribution in [2.45, 2.75) is 18.7 Å². The molecule has 3 rings (SSSR count). The standard InChI is InChI=1S/C17H17F3N2O3/c1-24-13-5-4-10(7-14(13)25-9-17(18,19)20)15(23)12-8-22-16-11(12)3-2-6-21-16/h3-5,7-8,15,23H,2,6,9H2,1H3,(H,21,22). The van der Waals surface area contributed by atoms with Crippen LogP contribution in [0, 0.1) is 0 Å². The fraction of sp³-hybridized carbons (Fsp3) is 0.353. The molecule has 25 heavy (non-hydrogen) atoms. The minimum Gasteiger partial charge on any atom is -0.493 e. The predicted octanol–water partition coefficient (Wildman–Crippen LogP) is 1.85. The minimum atomic E-state index is -4.46. The molecule has 0 spiro atoms. The number of H-pyrrole nitrogens is 1. The lowest BCUT2D eigenvalue weighted by Crippen LogP contribution is -2.29. The highest BCUT2D eigenvalue weighted by Gasteiger charge is 2.29. The molecule has 1 aliphatic heterocycles. The third kappa shape index (κ3) is 3.79. The highest BCUT2D eigenvalue weighted by atomic mass is 19.4. The Morgan fingerprint density at radius 1 is 1.32 bits per heavy atom. The third-order valence-corrected chi connectivity index (χ3v) is 3.87. The number of aromatic amines is 1. The van der Waals surface area contributed by atoms with Crippen molar-refractivity contribution in [3.05, 3.63) is 46.2 Å². The number of nitrogens with one attached hydrogen (secondary N) is 1. The van der Waals surface area contributed by atoms with Crippen LogP contribution in [0.5, 0.6) is 11.5 Å². The number of aliphatic hydroxyl groups is 1. The molecule has 0 saturated carbocycles. The van der Waals surface area contributed by atoms with Gasteiger partial charge in [0.05, 0.1) is 7.11 Å². The second-order valence-electron chi connectivity index (χ2n) is 5.60. The lowest BCUT2D eigenvalue weighted by Gasteiger charge is -2.16. The first-order valence-electron chi connectivity index (χ1n) is 7.66. The molecule has 1 aromatic heterocycles. The molecule has 1 aromatic carbocycles. The van der Waals surface area contributed by atoms with E-state index in [2.05, 4.69) is 9.98 Å². The average molecular weight is 354 g/mol. The summed E-state index contributed by atoms with van der Waals surface area (Å²) in [4.78, 5) is 7.32. The number of hydrogen-bond acceptors (Lipinski definition) is 4. The maximum absolute atomic E-state index is 12.4. The van der Waals surface area contributed by atoms with E-state index in [0.717, 1.165) is 11.6 Å². The van der Waals surface area contributed by atoms with Gasteiger partial charge in [-0.3, -0.25) is 4.99 Å². The summed E-state index contributed by atoms with van der Waals surface area (Å²) in [5.41, 5.74) is 1.71. The Labute approximate surface area is 141 Å². The van der Waals surface area contributed by atoms with Gasteiger partial charge in [-0.25, -0.2) is 0 Å². The second kappa shape index (κ2) is 6.79. The van der Waals surface area contributed by atoms with Crippen LogP contribution >= 0.6 is 0 Å². The van der Waals surface area contributed by atoms with Crippen LogP contribution in [0.4, 0.5) is 13.2 Å². The number of ether oxygens (including phenoxy) is 2. The van der Waals surface area contributed by atoms with Gasteiger partial charge in [-0.2, -0.15) is 13.2 Å². The third-order valence-electron chi connectivity index (χ3n) is 3.87. The molecule has 1 aliphatic rings. The van der Waals surface area contributed by atoms with E-state index >= 15 is 0 Å². The number of rotatable bonds is 5. The molecular weight excluding hydrogens is 337 g/mol. The Kier molecular flexibility index (Phi) is 4.71. The molecule has 2 aromatic rings. The molecule has 0 aliphatic carbocycles. The van der Waals surface area contributed by atoms with Crippen molar-refractivity contribution in [3.63, 3.8) is 0 Å². The Hall–Kier alpha value is -2.48. The van der Waals surface area contributed by atoms with Crippen molar-refractivity contribution in [2.24, 2.45) is 4.99 Å². The van der Waals surface area contributed by atoms with E-state index < -0.39 is 18.9 Å². The minimum absolute atomic E-state index is 0.0746. The van der Waals surface area contributed by atoms with Gasteiger partial charge in [0, 0.05) is 23.5 Å². The zero-order valence-electron chi connectivity index (χ0n) is 13.4. The normalized spacial score (nSPS) is 14.9. The first-order valence-corrected chi connectivity index (χ1v) is 7.66. The molecule has 5 nitrogen and oxygen atoms in total. The summed E-state index contributed by atoms with van der Waals surface area (Å²) in [7, 11) is 1.34. The van der Waals surface area contributed by atoms with E-state index in [4.69, 9.17) is 9.47 Å². The molecule has 0 amide bonds. The summed E-state index contributed by atoms with van der Waals surface area (Å²) in [6, 6.07) is 4.41. The topological polar surface area (TPSA) is 66.8 Å². The average Bonchev–Trinajstić information content (AvgIpc) is 3.02. The molecule has 0 saturated heterocycles. The van der Waals surface area contributed by atoms with Crippen LogP contribution < -0.4 is 20.2 Å². The molecule has 1 atom stereocenters. The molecule has 2 heterocycles. The van der Waals surface area contributed by atoms with Gasteiger partial charge in [0.15, 0.2) is 18.1 Å². The monoisotopic (exact) mass is 354 g/mol. The van der Waals surface area contributed by atoms with Crippen molar-refractivity contribution in [1.29, 1.82) is 0 Å². The lowest BCUT2D eigenvalue weighted by molar-refractivity contribution is -0.153. The summed E-state index contributed by atoms with van der Waals surface area (Å²) >= 11 is 0. The number of halogens is 3. The fourth-order valence-corrected chi connectivity index (χ4v) is 2.71. The molecule has 8 heteroatoms. The molecule has 0 radical (unpaired) electrons. The number of alkyl halides is 3. The van der Waals surface area contributed by atoms with E-state index in [1.54, 1.807) is 12.3 Å². The first kappa shape index (κ1) is 17.3. The van der Waals surface area contributed by atoms with Crippen molar-refractivity contribution in [3.8, 4) is 11.5 Å². The number of hydrogen-bond donors (Lipinski definition) is 2. The highest BCUT2D eigenvalue weighted by molar-refractivity contribution is 5.46. The number of nitrogens with zero attached hydrogens (tertiary/aromatic N) is 1. The Balaban J connectivity index is 1.93. The summed E-state index contributed by atoms with van der Waals surface area (Å²) in [5.74, 6) is 0.0901. The number of methoxy groups -OCH3 is 1. The van der Waals surface area contributed by atoms with E-state index in [1.165, 1.54) is 19.2 Å². The molecule has 0 bridgehead atoms. The maximum atomic E-state index is 12.4. The Morgan fingerprint density at radius 3 is 2.84 bits per heavy atom.